The van der Waals surface area contributed by atoms with Crippen LogP contribution in [0.3, 0.4) is 0 Å². The number of hydrogen-bond acceptors (Lipinski definition) is 4. The molecule has 0 amide bonds. The third-order valence-corrected chi connectivity index (χ3v) is 3.96. The molecule has 0 aliphatic rings. The third kappa shape index (κ3) is 4.98. The van der Waals surface area contributed by atoms with Crippen LogP contribution in [0.2, 0.25) is 0 Å². The summed E-state index contributed by atoms with van der Waals surface area (Å²) < 4.78 is 5.65. The lowest BCUT2D eigenvalue weighted by atomic mass is 10.0. The Morgan fingerprint density at radius 1 is 1.08 bits per heavy atom. The summed E-state index contributed by atoms with van der Waals surface area (Å²) in [6, 6.07) is 11.3. The van der Waals surface area contributed by atoms with Crippen molar-refractivity contribution in [3.8, 4) is 11.5 Å². The SMILES string of the molecule is Cc1cc(O)c(CNCC(O)c2cccc(OC(C)C)c2)cc1C. The second-order valence-electron chi connectivity index (χ2n) is 6.45. The summed E-state index contributed by atoms with van der Waals surface area (Å²) in [4.78, 5) is 0. The molecule has 0 aliphatic carbocycles. The first-order chi connectivity index (χ1) is 11.4. The van der Waals surface area contributed by atoms with Crippen molar-refractivity contribution in [1.82, 2.24) is 5.32 Å². The molecular weight excluding hydrogens is 302 g/mol. The molecule has 0 aliphatic heterocycles. The zero-order chi connectivity index (χ0) is 17.7. The van der Waals surface area contributed by atoms with Gasteiger partial charge in [-0.1, -0.05) is 18.2 Å². The van der Waals surface area contributed by atoms with Crippen LogP contribution >= 0.6 is 0 Å². The van der Waals surface area contributed by atoms with Gasteiger partial charge in [-0.05, 0) is 62.6 Å². The van der Waals surface area contributed by atoms with Gasteiger partial charge >= 0.3 is 0 Å². The molecule has 24 heavy (non-hydrogen) atoms. The molecule has 0 bridgehead atoms. The molecule has 0 saturated carbocycles. The minimum atomic E-state index is -0.630. The van der Waals surface area contributed by atoms with Crippen LogP contribution in [-0.4, -0.2) is 22.9 Å². The summed E-state index contributed by atoms with van der Waals surface area (Å²) in [5, 5.41) is 23.5. The molecule has 0 saturated heterocycles. The summed E-state index contributed by atoms with van der Waals surface area (Å²) in [7, 11) is 0. The fourth-order valence-electron chi connectivity index (χ4n) is 2.53. The zero-order valence-corrected chi connectivity index (χ0v) is 14.8. The van der Waals surface area contributed by atoms with Crippen molar-refractivity contribution < 1.29 is 14.9 Å². The van der Waals surface area contributed by atoms with Crippen molar-refractivity contribution in [3.05, 3.63) is 58.7 Å². The maximum Gasteiger partial charge on any atom is 0.120 e. The fraction of sp³-hybridized carbons (Fsp3) is 0.400. The normalized spacial score (nSPS) is 12.4. The fourth-order valence-corrected chi connectivity index (χ4v) is 2.53. The molecule has 0 heterocycles. The average molecular weight is 329 g/mol. The maximum absolute atomic E-state index is 10.3. The molecule has 3 N–H and O–H groups in total. The number of rotatable bonds is 7. The van der Waals surface area contributed by atoms with Gasteiger partial charge in [-0.2, -0.15) is 0 Å². The predicted octanol–water partition coefficient (Wildman–Crippen LogP) is 3.62. The number of phenols is 1. The lowest BCUT2D eigenvalue weighted by Crippen LogP contribution is -2.21. The number of aliphatic hydroxyl groups is 1. The monoisotopic (exact) mass is 329 g/mol. The van der Waals surface area contributed by atoms with Crippen LogP contribution in [0.25, 0.3) is 0 Å². The summed E-state index contributed by atoms with van der Waals surface area (Å²) in [5.41, 5.74) is 3.86. The number of hydrogen-bond donors (Lipinski definition) is 3. The van der Waals surface area contributed by atoms with E-state index in [4.69, 9.17) is 4.74 Å². The number of aryl methyl sites for hydroxylation is 2. The van der Waals surface area contributed by atoms with Crippen LogP contribution in [0.1, 0.15) is 42.2 Å². The summed E-state index contributed by atoms with van der Waals surface area (Å²) >= 11 is 0. The standard InChI is InChI=1S/C20H27NO3/c1-13(2)24-18-7-5-6-16(10-18)20(23)12-21-11-17-8-14(3)15(4)9-19(17)22/h5-10,13,20-23H,11-12H2,1-4H3. The molecule has 0 radical (unpaired) electrons. The highest BCUT2D eigenvalue weighted by atomic mass is 16.5. The predicted molar refractivity (Wildman–Crippen MR) is 96.5 cm³/mol. The van der Waals surface area contributed by atoms with Crippen molar-refractivity contribution in [2.24, 2.45) is 0 Å². The van der Waals surface area contributed by atoms with E-state index in [-0.39, 0.29) is 11.9 Å². The molecule has 130 valence electrons. The Balaban J connectivity index is 1.94. The Bertz CT molecular complexity index is 683. The van der Waals surface area contributed by atoms with Crippen molar-refractivity contribution in [2.45, 2.75) is 46.4 Å². The van der Waals surface area contributed by atoms with Crippen molar-refractivity contribution in [2.75, 3.05) is 6.54 Å². The molecule has 2 aromatic carbocycles. The van der Waals surface area contributed by atoms with Gasteiger partial charge in [0.1, 0.15) is 11.5 Å². The van der Waals surface area contributed by atoms with Gasteiger partial charge < -0.3 is 20.3 Å². The molecule has 0 spiro atoms. The van der Waals surface area contributed by atoms with Gasteiger partial charge in [-0.3, -0.25) is 0 Å². The van der Waals surface area contributed by atoms with Crippen molar-refractivity contribution >= 4 is 0 Å². The highest BCUT2D eigenvalue weighted by Crippen LogP contribution is 2.23. The molecule has 0 aromatic heterocycles. The smallest absolute Gasteiger partial charge is 0.120 e. The Morgan fingerprint density at radius 2 is 1.79 bits per heavy atom. The number of ether oxygens (including phenoxy) is 1. The van der Waals surface area contributed by atoms with E-state index < -0.39 is 6.10 Å². The van der Waals surface area contributed by atoms with E-state index in [1.165, 1.54) is 0 Å². The van der Waals surface area contributed by atoms with Crippen LogP contribution in [0.4, 0.5) is 0 Å². The molecule has 2 aromatic rings. The summed E-state index contributed by atoms with van der Waals surface area (Å²) in [6.07, 6.45) is -0.530. The van der Waals surface area contributed by atoms with Gasteiger partial charge in [0.05, 0.1) is 12.2 Å². The van der Waals surface area contributed by atoms with E-state index in [0.29, 0.717) is 13.1 Å². The van der Waals surface area contributed by atoms with Gasteiger partial charge in [0, 0.05) is 18.7 Å². The molecule has 0 fully saturated rings. The van der Waals surface area contributed by atoms with Crippen molar-refractivity contribution in [1.29, 1.82) is 0 Å². The van der Waals surface area contributed by atoms with Crippen LogP contribution in [0.15, 0.2) is 36.4 Å². The minimum Gasteiger partial charge on any atom is -0.508 e. The Morgan fingerprint density at radius 3 is 2.50 bits per heavy atom. The lowest BCUT2D eigenvalue weighted by Gasteiger charge is -2.16. The number of benzene rings is 2. The highest BCUT2D eigenvalue weighted by Gasteiger charge is 2.10. The number of nitrogens with one attached hydrogen (secondary N) is 1. The first-order valence-corrected chi connectivity index (χ1v) is 8.31. The van der Waals surface area contributed by atoms with Crippen LogP contribution < -0.4 is 10.1 Å². The van der Waals surface area contributed by atoms with Crippen LogP contribution in [0, 0.1) is 13.8 Å². The first-order valence-electron chi connectivity index (χ1n) is 8.31. The second-order valence-corrected chi connectivity index (χ2v) is 6.45. The number of aliphatic hydroxyl groups excluding tert-OH is 1. The van der Waals surface area contributed by atoms with Crippen molar-refractivity contribution in [3.63, 3.8) is 0 Å². The van der Waals surface area contributed by atoms with E-state index in [0.717, 1.165) is 28.0 Å². The molecule has 1 unspecified atom stereocenters. The molecule has 2 rings (SSSR count). The lowest BCUT2D eigenvalue weighted by molar-refractivity contribution is 0.173. The highest BCUT2D eigenvalue weighted by molar-refractivity contribution is 5.40. The number of aromatic hydroxyl groups is 1. The van der Waals surface area contributed by atoms with E-state index in [1.54, 1.807) is 6.07 Å². The van der Waals surface area contributed by atoms with Gasteiger partial charge in [-0.25, -0.2) is 0 Å². The largest absolute Gasteiger partial charge is 0.508 e. The van der Waals surface area contributed by atoms with E-state index >= 15 is 0 Å². The molecule has 1 atom stereocenters. The Labute approximate surface area is 144 Å². The van der Waals surface area contributed by atoms with E-state index in [1.807, 2.05) is 58.0 Å². The zero-order valence-electron chi connectivity index (χ0n) is 14.8. The van der Waals surface area contributed by atoms with E-state index in [2.05, 4.69) is 5.32 Å². The minimum absolute atomic E-state index is 0.100. The topological polar surface area (TPSA) is 61.7 Å². The number of phenolic OH excluding ortho intramolecular Hbond substituents is 1. The van der Waals surface area contributed by atoms with Gasteiger partial charge in [0.25, 0.3) is 0 Å². The first kappa shape index (κ1) is 18.3. The third-order valence-electron chi connectivity index (χ3n) is 3.96. The molecule has 4 heteroatoms. The summed E-state index contributed by atoms with van der Waals surface area (Å²) in [6.45, 7) is 8.85. The second kappa shape index (κ2) is 8.18. The molecule has 4 nitrogen and oxygen atoms in total. The Kier molecular flexibility index (Phi) is 6.23. The van der Waals surface area contributed by atoms with Gasteiger partial charge in [0.2, 0.25) is 0 Å². The van der Waals surface area contributed by atoms with E-state index in [9.17, 15) is 10.2 Å². The average Bonchev–Trinajstić information content (AvgIpc) is 2.51. The van der Waals surface area contributed by atoms with Gasteiger partial charge in [-0.15, -0.1) is 0 Å². The van der Waals surface area contributed by atoms with Gasteiger partial charge in [0.15, 0.2) is 0 Å². The Hall–Kier alpha value is -2.04. The van der Waals surface area contributed by atoms with Crippen LogP contribution in [0.5, 0.6) is 11.5 Å². The maximum atomic E-state index is 10.3. The quantitative estimate of drug-likeness (QED) is 0.726. The van der Waals surface area contributed by atoms with Crippen LogP contribution in [-0.2, 0) is 6.54 Å². The summed E-state index contributed by atoms with van der Waals surface area (Å²) in [5.74, 6) is 1.04. The molecular formula is C20H27NO3.